The molecule has 19 heavy (non-hydrogen) atoms. The summed E-state index contributed by atoms with van der Waals surface area (Å²) in [7, 11) is 1.67. The first-order valence-corrected chi connectivity index (χ1v) is 6.98. The number of rotatable bonds is 10. The number of ether oxygens (including phenoxy) is 2. The maximum Gasteiger partial charge on any atom is 0.134 e. The minimum atomic E-state index is 0.484. The molecular weight excluding hydrogens is 266 g/mol. The van der Waals surface area contributed by atoms with Gasteiger partial charge in [-0.25, -0.2) is 9.97 Å². The Morgan fingerprint density at radius 3 is 2.79 bits per heavy atom. The molecule has 0 amide bonds. The molecule has 1 heterocycles. The second kappa shape index (κ2) is 9.95. The van der Waals surface area contributed by atoms with E-state index in [0.29, 0.717) is 18.4 Å². The molecule has 1 N–H and O–H groups in total. The van der Waals surface area contributed by atoms with E-state index in [9.17, 15) is 0 Å². The highest BCUT2D eigenvalue weighted by Crippen LogP contribution is 2.11. The van der Waals surface area contributed by atoms with Crippen LogP contribution in [0.2, 0.25) is 5.15 Å². The van der Waals surface area contributed by atoms with E-state index in [4.69, 9.17) is 21.1 Å². The van der Waals surface area contributed by atoms with Crippen molar-refractivity contribution >= 4 is 17.4 Å². The summed E-state index contributed by atoms with van der Waals surface area (Å²) in [6.45, 7) is 4.93. The molecule has 108 valence electrons. The zero-order valence-corrected chi connectivity index (χ0v) is 12.4. The molecule has 0 aliphatic heterocycles. The number of unbranched alkanes of at least 4 members (excludes halogenated alkanes) is 1. The van der Waals surface area contributed by atoms with Crippen LogP contribution in [-0.2, 0) is 15.9 Å². The fourth-order valence-electron chi connectivity index (χ4n) is 1.50. The average molecular weight is 288 g/mol. The van der Waals surface area contributed by atoms with E-state index in [1.807, 2.05) is 6.92 Å². The van der Waals surface area contributed by atoms with Gasteiger partial charge in [0, 0.05) is 32.7 Å². The van der Waals surface area contributed by atoms with Crippen molar-refractivity contribution in [2.45, 2.75) is 26.2 Å². The normalized spacial score (nSPS) is 10.7. The van der Waals surface area contributed by atoms with Gasteiger partial charge >= 0.3 is 0 Å². The average Bonchev–Trinajstić information content (AvgIpc) is 2.41. The number of anilines is 1. The fraction of sp³-hybridized carbons (Fsp3) is 0.692. The molecular formula is C13H22ClN3O2. The first kappa shape index (κ1) is 16.1. The van der Waals surface area contributed by atoms with Crippen molar-refractivity contribution in [3.8, 4) is 0 Å². The molecule has 1 aromatic rings. The molecule has 0 aromatic carbocycles. The summed E-state index contributed by atoms with van der Waals surface area (Å²) in [6.07, 6.45) is 2.81. The number of halogens is 1. The molecule has 0 bridgehead atoms. The Bertz CT molecular complexity index is 364. The fourth-order valence-corrected chi connectivity index (χ4v) is 1.70. The van der Waals surface area contributed by atoms with E-state index in [1.165, 1.54) is 0 Å². The SMILES string of the molecule is CCc1nc(Cl)cc(NCCCCOCCOC)n1. The van der Waals surface area contributed by atoms with E-state index < -0.39 is 0 Å². The molecule has 1 aromatic heterocycles. The quantitative estimate of drug-likeness (QED) is 0.529. The number of aryl methyl sites for hydroxylation is 1. The van der Waals surface area contributed by atoms with Crippen LogP contribution in [0.25, 0.3) is 0 Å². The zero-order chi connectivity index (χ0) is 13.9. The number of nitrogens with one attached hydrogen (secondary N) is 1. The summed E-state index contributed by atoms with van der Waals surface area (Å²) < 4.78 is 10.3. The first-order chi connectivity index (χ1) is 9.26. The summed E-state index contributed by atoms with van der Waals surface area (Å²) >= 11 is 5.92. The lowest BCUT2D eigenvalue weighted by Gasteiger charge is -2.07. The van der Waals surface area contributed by atoms with Crippen LogP contribution in [0.4, 0.5) is 5.82 Å². The van der Waals surface area contributed by atoms with Crippen molar-refractivity contribution in [2.75, 3.05) is 38.8 Å². The van der Waals surface area contributed by atoms with Gasteiger partial charge < -0.3 is 14.8 Å². The van der Waals surface area contributed by atoms with Crippen LogP contribution in [0.3, 0.4) is 0 Å². The Labute approximate surface area is 119 Å². The van der Waals surface area contributed by atoms with Crippen molar-refractivity contribution in [3.05, 3.63) is 17.0 Å². The molecule has 6 heteroatoms. The van der Waals surface area contributed by atoms with Gasteiger partial charge in [-0.2, -0.15) is 0 Å². The lowest BCUT2D eigenvalue weighted by molar-refractivity contribution is 0.0691. The van der Waals surface area contributed by atoms with Gasteiger partial charge in [-0.15, -0.1) is 0 Å². The van der Waals surface area contributed by atoms with Gasteiger partial charge in [0.05, 0.1) is 13.2 Å². The predicted octanol–water partition coefficient (Wildman–Crippen LogP) is 2.55. The third-order valence-electron chi connectivity index (χ3n) is 2.51. The van der Waals surface area contributed by atoms with Crippen molar-refractivity contribution in [1.29, 1.82) is 0 Å². The van der Waals surface area contributed by atoms with Gasteiger partial charge in [0.25, 0.3) is 0 Å². The summed E-state index contributed by atoms with van der Waals surface area (Å²) in [6, 6.07) is 1.75. The summed E-state index contributed by atoms with van der Waals surface area (Å²) in [5.74, 6) is 1.55. The highest BCUT2D eigenvalue weighted by atomic mass is 35.5. The van der Waals surface area contributed by atoms with Crippen molar-refractivity contribution in [1.82, 2.24) is 9.97 Å². The van der Waals surface area contributed by atoms with Gasteiger partial charge in [0.15, 0.2) is 0 Å². The van der Waals surface area contributed by atoms with Crippen LogP contribution in [0.5, 0.6) is 0 Å². The Morgan fingerprint density at radius 1 is 1.21 bits per heavy atom. The first-order valence-electron chi connectivity index (χ1n) is 6.60. The van der Waals surface area contributed by atoms with Gasteiger partial charge in [-0.3, -0.25) is 0 Å². The summed E-state index contributed by atoms with van der Waals surface area (Å²) in [5.41, 5.74) is 0. The van der Waals surface area contributed by atoms with Crippen molar-refractivity contribution in [2.24, 2.45) is 0 Å². The lowest BCUT2D eigenvalue weighted by Crippen LogP contribution is -2.08. The molecule has 0 fully saturated rings. The molecule has 0 saturated carbocycles. The molecule has 0 aliphatic carbocycles. The number of hydrogen-bond donors (Lipinski definition) is 1. The third kappa shape index (κ3) is 7.30. The monoisotopic (exact) mass is 287 g/mol. The number of nitrogens with zero attached hydrogens (tertiary/aromatic N) is 2. The zero-order valence-electron chi connectivity index (χ0n) is 11.6. The van der Waals surface area contributed by atoms with Crippen LogP contribution >= 0.6 is 11.6 Å². The molecule has 0 atom stereocenters. The van der Waals surface area contributed by atoms with E-state index in [2.05, 4.69) is 15.3 Å². The molecule has 0 saturated heterocycles. The maximum absolute atomic E-state index is 5.92. The minimum Gasteiger partial charge on any atom is -0.382 e. The molecule has 0 radical (unpaired) electrons. The third-order valence-corrected chi connectivity index (χ3v) is 2.70. The van der Waals surface area contributed by atoms with Crippen LogP contribution in [0.1, 0.15) is 25.6 Å². The second-order valence-electron chi connectivity index (χ2n) is 4.08. The van der Waals surface area contributed by atoms with Gasteiger partial charge in [0.2, 0.25) is 0 Å². The summed E-state index contributed by atoms with van der Waals surface area (Å²) in [5, 5.41) is 3.73. The number of aromatic nitrogens is 2. The van der Waals surface area contributed by atoms with Crippen LogP contribution in [0, 0.1) is 0 Å². The smallest absolute Gasteiger partial charge is 0.134 e. The van der Waals surface area contributed by atoms with Crippen molar-refractivity contribution < 1.29 is 9.47 Å². The minimum absolute atomic E-state index is 0.484. The molecule has 0 unspecified atom stereocenters. The van der Waals surface area contributed by atoms with E-state index >= 15 is 0 Å². The lowest BCUT2D eigenvalue weighted by atomic mass is 10.3. The Morgan fingerprint density at radius 2 is 2.05 bits per heavy atom. The maximum atomic E-state index is 5.92. The van der Waals surface area contributed by atoms with Crippen LogP contribution in [0.15, 0.2) is 6.07 Å². The van der Waals surface area contributed by atoms with Gasteiger partial charge in [-0.1, -0.05) is 18.5 Å². The van der Waals surface area contributed by atoms with Gasteiger partial charge in [0.1, 0.15) is 16.8 Å². The van der Waals surface area contributed by atoms with E-state index in [0.717, 1.165) is 44.1 Å². The molecule has 1 rings (SSSR count). The molecule has 5 nitrogen and oxygen atoms in total. The van der Waals surface area contributed by atoms with Crippen LogP contribution in [-0.4, -0.2) is 43.4 Å². The molecule has 0 aliphatic rings. The molecule has 0 spiro atoms. The Kier molecular flexibility index (Phi) is 8.45. The Hall–Kier alpha value is -0.910. The number of hydrogen-bond acceptors (Lipinski definition) is 5. The van der Waals surface area contributed by atoms with Crippen molar-refractivity contribution in [3.63, 3.8) is 0 Å². The standard InChI is InChI=1S/C13H22ClN3O2/c1-3-12-16-11(14)10-13(17-12)15-6-4-5-7-19-9-8-18-2/h10H,3-9H2,1-2H3,(H,15,16,17). The van der Waals surface area contributed by atoms with E-state index in [-0.39, 0.29) is 0 Å². The second-order valence-corrected chi connectivity index (χ2v) is 4.47. The van der Waals surface area contributed by atoms with E-state index in [1.54, 1.807) is 13.2 Å². The summed E-state index contributed by atoms with van der Waals surface area (Å²) in [4.78, 5) is 8.48. The number of methoxy groups -OCH3 is 1. The predicted molar refractivity (Wildman–Crippen MR) is 76.8 cm³/mol. The highest BCUT2D eigenvalue weighted by Gasteiger charge is 2.01. The van der Waals surface area contributed by atoms with Gasteiger partial charge in [-0.05, 0) is 12.8 Å². The highest BCUT2D eigenvalue weighted by molar-refractivity contribution is 6.29. The largest absolute Gasteiger partial charge is 0.382 e. The topological polar surface area (TPSA) is 56.3 Å². The van der Waals surface area contributed by atoms with Crippen LogP contribution < -0.4 is 5.32 Å². The Balaban J connectivity index is 2.13.